The van der Waals surface area contributed by atoms with Crippen LogP contribution in [0.4, 0.5) is 4.39 Å². The largest absolute Gasteiger partial charge is 0.481 e. The van der Waals surface area contributed by atoms with Crippen LogP contribution in [0.1, 0.15) is 18.0 Å². The minimum atomic E-state index is -0.961. The highest BCUT2D eigenvalue weighted by atomic mass is 35.5. The number of hydrogen-bond donors (Lipinski definition) is 2. The van der Waals surface area contributed by atoms with Gasteiger partial charge < -0.3 is 10.8 Å². The number of carboxylic acid groups (broad SMARTS) is 1. The third-order valence-electron chi connectivity index (χ3n) is 1.69. The molecule has 0 amide bonds. The number of aliphatic carboxylic acids is 1. The fourth-order valence-corrected chi connectivity index (χ4v) is 1.02. The van der Waals surface area contributed by atoms with Crippen molar-refractivity contribution in [2.24, 2.45) is 5.73 Å². The lowest BCUT2D eigenvalue weighted by Crippen LogP contribution is -2.14. The first kappa shape index (κ1) is 12.9. The van der Waals surface area contributed by atoms with E-state index < -0.39 is 12.0 Å². The molecule has 0 fully saturated rings. The summed E-state index contributed by atoms with van der Waals surface area (Å²) in [6.45, 7) is 0. The lowest BCUT2D eigenvalue weighted by molar-refractivity contribution is -0.137. The molecule has 0 unspecified atom stereocenters. The smallest absolute Gasteiger partial charge is 0.305 e. The first-order chi connectivity index (χ1) is 6.09. The van der Waals surface area contributed by atoms with E-state index in [1.807, 2.05) is 0 Å². The minimum Gasteiger partial charge on any atom is -0.481 e. The number of nitrogens with two attached hydrogens (primary N) is 1. The predicted molar refractivity (Wildman–Crippen MR) is 52.8 cm³/mol. The van der Waals surface area contributed by atoms with Gasteiger partial charge in [0.15, 0.2) is 0 Å². The Bertz CT molecular complexity index is 302. The second-order valence-corrected chi connectivity index (χ2v) is 2.76. The maximum absolute atomic E-state index is 12.5. The fraction of sp³-hybridized carbons (Fsp3) is 0.222. The molecule has 1 aromatic rings. The van der Waals surface area contributed by atoms with Crippen LogP contribution in [0.5, 0.6) is 0 Å². The van der Waals surface area contributed by atoms with Gasteiger partial charge in [0, 0.05) is 6.04 Å². The summed E-state index contributed by atoms with van der Waals surface area (Å²) < 4.78 is 12.5. The van der Waals surface area contributed by atoms with Crippen molar-refractivity contribution in [1.82, 2.24) is 0 Å². The normalized spacial score (nSPS) is 11.6. The van der Waals surface area contributed by atoms with Gasteiger partial charge in [0.1, 0.15) is 5.82 Å². The van der Waals surface area contributed by atoms with Gasteiger partial charge in [-0.1, -0.05) is 12.1 Å². The molecule has 0 heterocycles. The van der Waals surface area contributed by atoms with Gasteiger partial charge >= 0.3 is 5.97 Å². The second kappa shape index (κ2) is 5.57. The van der Waals surface area contributed by atoms with Gasteiger partial charge in [-0.15, -0.1) is 12.4 Å². The van der Waals surface area contributed by atoms with Crippen molar-refractivity contribution >= 4 is 18.4 Å². The lowest BCUT2D eigenvalue weighted by atomic mass is 10.1. The van der Waals surface area contributed by atoms with Crippen molar-refractivity contribution in [3.05, 3.63) is 35.6 Å². The summed E-state index contributed by atoms with van der Waals surface area (Å²) in [6, 6.07) is 4.93. The first-order valence-corrected chi connectivity index (χ1v) is 3.82. The zero-order valence-corrected chi connectivity index (χ0v) is 8.13. The van der Waals surface area contributed by atoms with Crippen LogP contribution in [0.25, 0.3) is 0 Å². The molecule has 0 saturated carbocycles. The molecular weight excluding hydrogens is 209 g/mol. The van der Waals surface area contributed by atoms with Crippen molar-refractivity contribution in [1.29, 1.82) is 0 Å². The highest BCUT2D eigenvalue weighted by Gasteiger charge is 2.09. The SMILES string of the molecule is Cl.N[C@H](CC(=O)O)c1ccc(F)cc1. The molecule has 1 atom stereocenters. The van der Waals surface area contributed by atoms with Gasteiger partial charge in [0.2, 0.25) is 0 Å². The molecular formula is C9H11ClFNO2. The van der Waals surface area contributed by atoms with E-state index >= 15 is 0 Å². The van der Waals surface area contributed by atoms with E-state index in [9.17, 15) is 9.18 Å². The van der Waals surface area contributed by atoms with Gasteiger partial charge in [0.25, 0.3) is 0 Å². The van der Waals surface area contributed by atoms with Gasteiger partial charge in [-0.25, -0.2) is 4.39 Å². The Morgan fingerprint density at radius 1 is 1.43 bits per heavy atom. The molecule has 0 aliphatic heterocycles. The molecule has 5 heteroatoms. The maximum Gasteiger partial charge on any atom is 0.305 e. The van der Waals surface area contributed by atoms with Crippen molar-refractivity contribution in [3.8, 4) is 0 Å². The second-order valence-electron chi connectivity index (χ2n) is 2.76. The molecule has 0 saturated heterocycles. The van der Waals surface area contributed by atoms with Crippen LogP contribution in [-0.2, 0) is 4.79 Å². The Kier molecular flexibility index (Phi) is 5.12. The number of carboxylic acids is 1. The number of halogens is 2. The van der Waals surface area contributed by atoms with E-state index in [1.165, 1.54) is 24.3 Å². The molecule has 0 aliphatic rings. The molecule has 1 aromatic carbocycles. The quantitative estimate of drug-likeness (QED) is 0.814. The summed E-state index contributed by atoms with van der Waals surface area (Å²) in [6.07, 6.45) is -0.147. The van der Waals surface area contributed by atoms with Crippen LogP contribution in [0.15, 0.2) is 24.3 Å². The Morgan fingerprint density at radius 3 is 2.36 bits per heavy atom. The number of hydrogen-bond acceptors (Lipinski definition) is 2. The number of rotatable bonds is 3. The van der Waals surface area contributed by atoms with Crippen LogP contribution in [0.2, 0.25) is 0 Å². The Morgan fingerprint density at radius 2 is 1.93 bits per heavy atom. The van der Waals surface area contributed by atoms with Crippen LogP contribution in [-0.4, -0.2) is 11.1 Å². The summed E-state index contributed by atoms with van der Waals surface area (Å²) in [7, 11) is 0. The van der Waals surface area contributed by atoms with Gasteiger partial charge in [-0.3, -0.25) is 4.79 Å². The van der Waals surface area contributed by atoms with Crippen molar-refractivity contribution < 1.29 is 14.3 Å². The molecule has 1 rings (SSSR count). The standard InChI is InChI=1S/C9H10FNO2.ClH/c10-7-3-1-6(2-4-7)8(11)5-9(12)13;/h1-4,8H,5,11H2,(H,12,13);1H/t8-;/m1./s1. The zero-order chi connectivity index (χ0) is 9.84. The van der Waals surface area contributed by atoms with Gasteiger partial charge in [-0.05, 0) is 17.7 Å². The molecule has 0 aliphatic carbocycles. The summed E-state index contributed by atoms with van der Waals surface area (Å²) in [5, 5.41) is 8.45. The molecule has 0 bridgehead atoms. The Hall–Kier alpha value is -1.13. The zero-order valence-electron chi connectivity index (χ0n) is 7.31. The minimum absolute atomic E-state index is 0. The topological polar surface area (TPSA) is 63.3 Å². The molecule has 14 heavy (non-hydrogen) atoms. The highest BCUT2D eigenvalue weighted by Crippen LogP contribution is 2.13. The van der Waals surface area contributed by atoms with Gasteiger partial charge in [0.05, 0.1) is 6.42 Å². The summed E-state index contributed by atoms with van der Waals surface area (Å²) >= 11 is 0. The third-order valence-corrected chi connectivity index (χ3v) is 1.69. The maximum atomic E-state index is 12.5. The van der Waals surface area contributed by atoms with E-state index in [4.69, 9.17) is 10.8 Å². The highest BCUT2D eigenvalue weighted by molar-refractivity contribution is 5.85. The van der Waals surface area contributed by atoms with Crippen LogP contribution in [0.3, 0.4) is 0 Å². The van der Waals surface area contributed by atoms with E-state index in [0.717, 1.165) is 0 Å². The summed E-state index contributed by atoms with van der Waals surface area (Å²) in [4.78, 5) is 10.3. The third kappa shape index (κ3) is 3.72. The molecule has 3 N–H and O–H groups in total. The summed E-state index contributed by atoms with van der Waals surface area (Å²) in [5.74, 6) is -1.32. The average molecular weight is 220 g/mol. The number of carbonyl (C=O) groups is 1. The molecule has 0 spiro atoms. The summed E-state index contributed by atoms with van der Waals surface area (Å²) in [5.41, 5.74) is 6.17. The van der Waals surface area contributed by atoms with Crippen molar-refractivity contribution in [2.45, 2.75) is 12.5 Å². The number of benzene rings is 1. The lowest BCUT2D eigenvalue weighted by Gasteiger charge is -2.08. The van der Waals surface area contributed by atoms with Gasteiger partial charge in [-0.2, -0.15) is 0 Å². The molecule has 78 valence electrons. The molecule has 0 radical (unpaired) electrons. The monoisotopic (exact) mass is 219 g/mol. The van der Waals surface area contributed by atoms with E-state index in [1.54, 1.807) is 0 Å². The van der Waals surface area contributed by atoms with Crippen LogP contribution < -0.4 is 5.73 Å². The first-order valence-electron chi connectivity index (χ1n) is 3.82. The van der Waals surface area contributed by atoms with E-state index in [0.29, 0.717) is 5.56 Å². The van der Waals surface area contributed by atoms with Crippen molar-refractivity contribution in [2.75, 3.05) is 0 Å². The fourth-order valence-electron chi connectivity index (χ4n) is 1.02. The Balaban J connectivity index is 0.00000169. The average Bonchev–Trinajstić information content (AvgIpc) is 2.04. The van der Waals surface area contributed by atoms with Crippen LogP contribution >= 0.6 is 12.4 Å². The van der Waals surface area contributed by atoms with Crippen LogP contribution in [0, 0.1) is 5.82 Å². The predicted octanol–water partition coefficient (Wildman–Crippen LogP) is 1.72. The molecule has 3 nitrogen and oxygen atoms in total. The van der Waals surface area contributed by atoms with Crippen molar-refractivity contribution in [3.63, 3.8) is 0 Å². The molecule has 0 aromatic heterocycles. The Labute approximate surface area is 87.1 Å². The van der Waals surface area contributed by atoms with E-state index in [2.05, 4.69) is 0 Å². The van der Waals surface area contributed by atoms with E-state index in [-0.39, 0.29) is 24.6 Å².